The molecule has 0 saturated heterocycles. The molecule has 3 rings (SSSR count). The lowest BCUT2D eigenvalue weighted by Gasteiger charge is -2.26. The van der Waals surface area contributed by atoms with Crippen LogP contribution in [0.4, 0.5) is 0 Å². The van der Waals surface area contributed by atoms with Gasteiger partial charge in [0.05, 0.1) is 12.0 Å². The Hall–Kier alpha value is -1.93. The Labute approximate surface area is 141 Å². The zero-order valence-corrected chi connectivity index (χ0v) is 14.3. The molecule has 7 nitrogen and oxygen atoms in total. The topological polar surface area (TPSA) is 96.9 Å². The molecule has 0 unspecified atom stereocenters. The number of carbonyl (C=O) groups excluding carboxylic acids is 1. The van der Waals surface area contributed by atoms with Crippen LogP contribution in [-0.4, -0.2) is 33.3 Å². The predicted molar refractivity (Wildman–Crippen MR) is 88.8 cm³/mol. The molecule has 1 aliphatic carbocycles. The average molecular weight is 351 g/mol. The quantitative estimate of drug-likeness (QED) is 0.800. The van der Waals surface area contributed by atoms with Gasteiger partial charge >= 0.3 is 0 Å². The van der Waals surface area contributed by atoms with Crippen LogP contribution in [0.15, 0.2) is 34.2 Å². The van der Waals surface area contributed by atoms with Crippen molar-refractivity contribution >= 4 is 21.8 Å². The van der Waals surface area contributed by atoms with Crippen LogP contribution < -0.4 is 10.2 Å². The van der Waals surface area contributed by atoms with Crippen molar-refractivity contribution in [1.29, 1.82) is 0 Å². The van der Waals surface area contributed by atoms with Gasteiger partial charge in [0.25, 0.3) is 15.9 Å². The van der Waals surface area contributed by atoms with Crippen molar-refractivity contribution in [3.8, 4) is 0 Å². The van der Waals surface area contributed by atoms with Crippen LogP contribution in [0.3, 0.4) is 0 Å². The van der Waals surface area contributed by atoms with Gasteiger partial charge < -0.3 is 0 Å². The third-order valence-electron chi connectivity index (χ3n) is 4.50. The highest BCUT2D eigenvalue weighted by Crippen LogP contribution is 2.30. The molecule has 1 atom stereocenters. The molecule has 1 aliphatic heterocycles. The molecular formula is C16H21N3O4S. The summed E-state index contributed by atoms with van der Waals surface area (Å²) in [5.41, 5.74) is 2.84. The van der Waals surface area contributed by atoms with E-state index in [1.54, 1.807) is 18.2 Å². The van der Waals surface area contributed by atoms with Gasteiger partial charge in [-0.25, -0.2) is 13.9 Å². The highest BCUT2D eigenvalue weighted by Gasteiger charge is 2.34. The van der Waals surface area contributed by atoms with Crippen molar-refractivity contribution in [3.05, 3.63) is 29.8 Å². The molecule has 1 fully saturated rings. The van der Waals surface area contributed by atoms with E-state index >= 15 is 0 Å². The number of hydroxylamine groups is 1. The van der Waals surface area contributed by atoms with Crippen molar-refractivity contribution in [3.63, 3.8) is 0 Å². The number of fused-ring (bicyclic) bond motifs is 1. The molecule has 0 radical (unpaired) electrons. The number of rotatable bonds is 4. The van der Waals surface area contributed by atoms with Gasteiger partial charge in [-0.05, 0) is 30.9 Å². The fourth-order valence-corrected chi connectivity index (χ4v) is 4.60. The van der Waals surface area contributed by atoms with Crippen LogP contribution in [0.5, 0.6) is 0 Å². The number of carbonyl (C=O) groups is 1. The zero-order valence-electron chi connectivity index (χ0n) is 13.5. The number of benzene rings is 1. The van der Waals surface area contributed by atoms with E-state index in [0.29, 0.717) is 5.56 Å². The first-order valence-corrected chi connectivity index (χ1v) is 9.54. The summed E-state index contributed by atoms with van der Waals surface area (Å²) in [4.78, 5) is 21.8. The Morgan fingerprint density at radius 1 is 1.29 bits per heavy atom. The van der Waals surface area contributed by atoms with Crippen molar-refractivity contribution < 1.29 is 18.0 Å². The summed E-state index contributed by atoms with van der Waals surface area (Å²) < 4.78 is 26.9. The summed E-state index contributed by atoms with van der Waals surface area (Å²) in [6.07, 6.45) is 5.05. The van der Waals surface area contributed by atoms with Gasteiger partial charge in [-0.15, -0.1) is 0 Å². The van der Waals surface area contributed by atoms with E-state index < -0.39 is 16.1 Å². The summed E-state index contributed by atoms with van der Waals surface area (Å²) in [6.45, 7) is 0. The first-order valence-electron chi connectivity index (χ1n) is 8.06. The molecule has 1 heterocycles. The van der Waals surface area contributed by atoms with Crippen molar-refractivity contribution in [2.75, 3.05) is 7.11 Å². The standard InChI is InChI=1S/C16H21N3O4S/c1-23-18-16(20)14(11-7-3-2-4-8-11)17-15-12-9-5-6-10-13(12)24(21,22)19-15/h5-6,9-11,14H,2-4,7-8H2,1H3,(H,17,19)(H,18,20)/t14-/m0/s1. The van der Waals surface area contributed by atoms with Crippen molar-refractivity contribution in [2.24, 2.45) is 10.9 Å². The van der Waals surface area contributed by atoms with Gasteiger partial charge in [-0.2, -0.15) is 0 Å². The third-order valence-corrected chi connectivity index (χ3v) is 5.90. The Morgan fingerprint density at radius 2 is 2.00 bits per heavy atom. The lowest BCUT2D eigenvalue weighted by molar-refractivity contribution is -0.134. The van der Waals surface area contributed by atoms with Crippen LogP contribution in [0.25, 0.3) is 0 Å². The van der Waals surface area contributed by atoms with Crippen molar-refractivity contribution in [1.82, 2.24) is 10.2 Å². The molecule has 0 bridgehead atoms. The van der Waals surface area contributed by atoms with E-state index in [4.69, 9.17) is 4.84 Å². The molecule has 2 aliphatic rings. The number of sulfonamides is 1. The Kier molecular flexibility index (Phi) is 4.86. The fraction of sp³-hybridized carbons (Fsp3) is 0.500. The zero-order chi connectivity index (χ0) is 17.2. The van der Waals surface area contributed by atoms with Gasteiger partial charge in [0.15, 0.2) is 0 Å². The molecule has 1 saturated carbocycles. The molecule has 130 valence electrons. The van der Waals surface area contributed by atoms with E-state index in [1.807, 2.05) is 0 Å². The number of amidine groups is 1. The van der Waals surface area contributed by atoms with E-state index in [1.165, 1.54) is 13.2 Å². The Balaban J connectivity index is 1.97. The van der Waals surface area contributed by atoms with E-state index in [0.717, 1.165) is 32.1 Å². The minimum atomic E-state index is -3.61. The molecule has 1 amide bonds. The van der Waals surface area contributed by atoms with E-state index in [2.05, 4.69) is 15.2 Å². The largest absolute Gasteiger partial charge is 0.277 e. The maximum Gasteiger partial charge on any atom is 0.268 e. The first-order chi connectivity index (χ1) is 11.5. The fourth-order valence-electron chi connectivity index (χ4n) is 3.36. The van der Waals surface area contributed by atoms with Gasteiger partial charge in [-0.1, -0.05) is 31.4 Å². The highest BCUT2D eigenvalue weighted by atomic mass is 32.2. The molecular weight excluding hydrogens is 330 g/mol. The predicted octanol–water partition coefficient (Wildman–Crippen LogP) is 1.35. The number of hydrogen-bond donors (Lipinski definition) is 2. The minimum absolute atomic E-state index is 0.0821. The van der Waals surface area contributed by atoms with Crippen molar-refractivity contribution in [2.45, 2.75) is 43.0 Å². The molecule has 1 aromatic carbocycles. The summed E-state index contributed by atoms with van der Waals surface area (Å²) in [7, 11) is -2.24. The molecule has 0 spiro atoms. The van der Waals surface area contributed by atoms with E-state index in [-0.39, 0.29) is 22.6 Å². The van der Waals surface area contributed by atoms with Crippen LogP contribution in [-0.2, 0) is 19.7 Å². The first kappa shape index (κ1) is 16.9. The van der Waals surface area contributed by atoms with E-state index in [9.17, 15) is 13.2 Å². The molecule has 8 heteroatoms. The minimum Gasteiger partial charge on any atom is -0.277 e. The molecule has 2 N–H and O–H groups in total. The van der Waals surface area contributed by atoms with Crippen LogP contribution in [0.2, 0.25) is 0 Å². The molecule has 24 heavy (non-hydrogen) atoms. The van der Waals surface area contributed by atoms with Crippen LogP contribution >= 0.6 is 0 Å². The van der Waals surface area contributed by atoms with Gasteiger partial charge in [0, 0.05) is 5.56 Å². The maximum absolute atomic E-state index is 12.4. The smallest absolute Gasteiger partial charge is 0.268 e. The summed E-state index contributed by atoms with van der Waals surface area (Å²) in [6, 6.07) is 5.97. The van der Waals surface area contributed by atoms with Crippen LogP contribution in [0, 0.1) is 5.92 Å². The van der Waals surface area contributed by atoms with Gasteiger partial charge in [-0.3, -0.25) is 19.3 Å². The summed E-state index contributed by atoms with van der Waals surface area (Å²) >= 11 is 0. The Morgan fingerprint density at radius 3 is 2.71 bits per heavy atom. The second-order valence-corrected chi connectivity index (χ2v) is 7.74. The normalized spacial score (nSPS) is 22.6. The SMILES string of the molecule is CONC(=O)[C@@H](N=C1NS(=O)(=O)c2ccccc21)C1CCCCC1. The monoisotopic (exact) mass is 351 g/mol. The third kappa shape index (κ3) is 3.29. The Bertz CT molecular complexity index is 754. The number of nitrogens with one attached hydrogen (secondary N) is 2. The lowest BCUT2D eigenvalue weighted by atomic mass is 9.84. The highest BCUT2D eigenvalue weighted by molar-refractivity contribution is 7.90. The number of nitrogens with zero attached hydrogens (tertiary/aromatic N) is 1. The lowest BCUT2D eigenvalue weighted by Crippen LogP contribution is -2.40. The average Bonchev–Trinajstić information content (AvgIpc) is 2.85. The second kappa shape index (κ2) is 6.90. The number of amides is 1. The summed E-state index contributed by atoms with van der Waals surface area (Å²) in [5, 5.41) is 0. The van der Waals surface area contributed by atoms with Gasteiger partial charge in [0.2, 0.25) is 0 Å². The second-order valence-electron chi connectivity index (χ2n) is 6.09. The number of aliphatic imine (C=N–C) groups is 1. The molecule has 1 aromatic rings. The summed E-state index contributed by atoms with van der Waals surface area (Å²) in [5.74, 6) is -0.0356. The number of hydrogen-bond acceptors (Lipinski definition) is 5. The maximum atomic E-state index is 12.4. The van der Waals surface area contributed by atoms with Crippen LogP contribution in [0.1, 0.15) is 37.7 Å². The molecule has 0 aromatic heterocycles. The van der Waals surface area contributed by atoms with Gasteiger partial charge in [0.1, 0.15) is 11.9 Å².